The number of hydrogen-bond donors (Lipinski definition) is 1. The Labute approximate surface area is 102 Å². The molecule has 0 bridgehead atoms. The molecule has 0 aliphatic heterocycles. The molecule has 1 aromatic rings. The summed E-state index contributed by atoms with van der Waals surface area (Å²) < 4.78 is 4.96. The number of nitrogens with one attached hydrogen (secondary N) is 1. The van der Waals surface area contributed by atoms with Crippen LogP contribution >= 0.6 is 12.2 Å². The number of rotatable bonds is 5. The van der Waals surface area contributed by atoms with Crippen molar-refractivity contribution in [3.63, 3.8) is 0 Å². The van der Waals surface area contributed by atoms with Crippen LogP contribution in [0.25, 0.3) is 0 Å². The molecule has 1 N–H and O–H groups in total. The lowest BCUT2D eigenvalue weighted by molar-refractivity contribution is 0.195. The second kappa shape index (κ2) is 7.14. The van der Waals surface area contributed by atoms with Crippen molar-refractivity contribution in [3.8, 4) is 0 Å². The number of ether oxygens (including phenoxy) is 1. The van der Waals surface area contributed by atoms with Crippen molar-refractivity contribution in [3.05, 3.63) is 24.5 Å². The lowest BCUT2D eigenvalue weighted by atomic mass is 10.4. The maximum absolute atomic E-state index is 5.25. The number of anilines is 1. The molecule has 0 fully saturated rings. The molecular weight excluding hydrogens is 222 g/mol. The molecule has 0 spiro atoms. The first kappa shape index (κ1) is 12.9. The molecule has 5 heteroatoms. The third-order valence-electron chi connectivity index (χ3n) is 2.14. The van der Waals surface area contributed by atoms with Gasteiger partial charge in [0.2, 0.25) is 0 Å². The summed E-state index contributed by atoms with van der Waals surface area (Å²) in [6.45, 7) is 1.56. The molecule has 88 valence electrons. The maximum Gasteiger partial charge on any atom is 0.173 e. The SMILES string of the molecule is COCCCNC(=S)N(C)c1cccnc1. The summed E-state index contributed by atoms with van der Waals surface area (Å²) in [5.41, 5.74) is 0.978. The number of nitrogens with zero attached hydrogens (tertiary/aromatic N) is 2. The van der Waals surface area contributed by atoms with E-state index in [9.17, 15) is 0 Å². The molecule has 0 aromatic carbocycles. The van der Waals surface area contributed by atoms with E-state index < -0.39 is 0 Å². The van der Waals surface area contributed by atoms with Gasteiger partial charge in [0.05, 0.1) is 11.9 Å². The van der Waals surface area contributed by atoms with E-state index in [0.29, 0.717) is 5.11 Å². The Morgan fingerprint density at radius 2 is 2.44 bits per heavy atom. The smallest absolute Gasteiger partial charge is 0.173 e. The normalized spacial score (nSPS) is 9.88. The Hall–Kier alpha value is -1.20. The molecule has 0 unspecified atom stereocenters. The van der Waals surface area contributed by atoms with Crippen LogP contribution in [0.3, 0.4) is 0 Å². The molecule has 16 heavy (non-hydrogen) atoms. The number of thiocarbonyl (C=S) groups is 1. The van der Waals surface area contributed by atoms with E-state index in [1.54, 1.807) is 19.5 Å². The van der Waals surface area contributed by atoms with Crippen molar-refractivity contribution in [1.82, 2.24) is 10.3 Å². The van der Waals surface area contributed by atoms with Crippen molar-refractivity contribution in [1.29, 1.82) is 0 Å². The van der Waals surface area contributed by atoms with Gasteiger partial charge in [-0.1, -0.05) is 0 Å². The van der Waals surface area contributed by atoms with Crippen LogP contribution in [0.15, 0.2) is 24.5 Å². The molecule has 0 saturated heterocycles. The van der Waals surface area contributed by atoms with Gasteiger partial charge in [-0.2, -0.15) is 0 Å². The molecule has 0 aliphatic carbocycles. The van der Waals surface area contributed by atoms with Gasteiger partial charge in [-0.15, -0.1) is 0 Å². The summed E-state index contributed by atoms with van der Waals surface area (Å²) in [6, 6.07) is 3.86. The van der Waals surface area contributed by atoms with Crippen molar-refractivity contribution in [2.45, 2.75) is 6.42 Å². The molecule has 0 radical (unpaired) electrons. The van der Waals surface area contributed by atoms with Gasteiger partial charge in [-0.05, 0) is 30.8 Å². The lowest BCUT2D eigenvalue weighted by Gasteiger charge is -2.20. The third-order valence-corrected chi connectivity index (χ3v) is 2.56. The quantitative estimate of drug-likeness (QED) is 0.621. The van der Waals surface area contributed by atoms with Gasteiger partial charge in [-0.25, -0.2) is 0 Å². The zero-order valence-corrected chi connectivity index (χ0v) is 10.5. The zero-order valence-electron chi connectivity index (χ0n) is 9.64. The zero-order chi connectivity index (χ0) is 11.8. The number of hydrogen-bond acceptors (Lipinski definition) is 3. The first-order valence-electron chi connectivity index (χ1n) is 5.16. The van der Waals surface area contributed by atoms with Crippen molar-refractivity contribution in [2.75, 3.05) is 32.2 Å². The summed E-state index contributed by atoms with van der Waals surface area (Å²) in [6.07, 6.45) is 4.47. The van der Waals surface area contributed by atoms with E-state index in [4.69, 9.17) is 17.0 Å². The Balaban J connectivity index is 2.37. The maximum atomic E-state index is 5.25. The van der Waals surface area contributed by atoms with E-state index in [1.807, 2.05) is 24.1 Å². The average molecular weight is 239 g/mol. The van der Waals surface area contributed by atoms with Gasteiger partial charge in [0, 0.05) is 33.5 Å². The minimum Gasteiger partial charge on any atom is -0.385 e. The van der Waals surface area contributed by atoms with Crippen LogP contribution < -0.4 is 10.2 Å². The average Bonchev–Trinajstić information content (AvgIpc) is 2.34. The van der Waals surface area contributed by atoms with Crippen LogP contribution in [-0.4, -0.2) is 37.4 Å². The predicted molar refractivity (Wildman–Crippen MR) is 69.7 cm³/mol. The van der Waals surface area contributed by atoms with Gasteiger partial charge in [0.15, 0.2) is 5.11 Å². The fourth-order valence-corrected chi connectivity index (χ4v) is 1.41. The third kappa shape index (κ3) is 4.12. The minimum atomic E-state index is 0.698. The van der Waals surface area contributed by atoms with Crippen LogP contribution in [0, 0.1) is 0 Å². The highest BCUT2D eigenvalue weighted by Gasteiger charge is 2.05. The molecule has 1 rings (SSSR count). The molecule has 4 nitrogen and oxygen atoms in total. The molecule has 0 aliphatic rings. The number of aromatic nitrogens is 1. The second-order valence-corrected chi connectivity index (χ2v) is 3.74. The predicted octanol–water partition coefficient (Wildman–Crippen LogP) is 1.43. The Morgan fingerprint density at radius 3 is 3.06 bits per heavy atom. The van der Waals surface area contributed by atoms with Gasteiger partial charge >= 0.3 is 0 Å². The van der Waals surface area contributed by atoms with E-state index >= 15 is 0 Å². The molecule has 0 atom stereocenters. The highest BCUT2D eigenvalue weighted by molar-refractivity contribution is 7.80. The van der Waals surface area contributed by atoms with Crippen molar-refractivity contribution < 1.29 is 4.74 Å². The fourth-order valence-electron chi connectivity index (χ4n) is 1.20. The van der Waals surface area contributed by atoms with Crippen LogP contribution in [-0.2, 0) is 4.74 Å². The number of pyridine rings is 1. The van der Waals surface area contributed by atoms with Crippen LogP contribution in [0.2, 0.25) is 0 Å². The summed E-state index contributed by atoms with van der Waals surface area (Å²) in [7, 11) is 3.61. The Morgan fingerprint density at radius 1 is 1.62 bits per heavy atom. The summed E-state index contributed by atoms with van der Waals surface area (Å²) in [5, 5.41) is 3.86. The van der Waals surface area contributed by atoms with E-state index in [1.165, 1.54) is 0 Å². The molecular formula is C11H17N3OS. The standard InChI is InChI=1S/C11H17N3OS/c1-14(10-5-3-6-12-9-10)11(16)13-7-4-8-15-2/h3,5-6,9H,4,7-8H2,1-2H3,(H,13,16). The molecule has 0 saturated carbocycles. The summed E-state index contributed by atoms with van der Waals surface area (Å²) in [5.74, 6) is 0. The molecule has 0 amide bonds. The lowest BCUT2D eigenvalue weighted by Crippen LogP contribution is -2.37. The monoisotopic (exact) mass is 239 g/mol. The Kier molecular flexibility index (Phi) is 5.74. The van der Waals surface area contributed by atoms with Crippen LogP contribution in [0.1, 0.15) is 6.42 Å². The molecule has 1 aromatic heterocycles. The van der Waals surface area contributed by atoms with Crippen molar-refractivity contribution >= 4 is 23.0 Å². The van der Waals surface area contributed by atoms with Gasteiger partial charge in [0.1, 0.15) is 0 Å². The van der Waals surface area contributed by atoms with E-state index in [2.05, 4.69) is 10.3 Å². The largest absolute Gasteiger partial charge is 0.385 e. The summed E-state index contributed by atoms with van der Waals surface area (Å²) in [4.78, 5) is 5.95. The minimum absolute atomic E-state index is 0.698. The second-order valence-electron chi connectivity index (χ2n) is 3.35. The van der Waals surface area contributed by atoms with E-state index in [0.717, 1.165) is 25.3 Å². The van der Waals surface area contributed by atoms with Gasteiger partial charge < -0.3 is 15.0 Å². The van der Waals surface area contributed by atoms with Crippen molar-refractivity contribution in [2.24, 2.45) is 0 Å². The first-order valence-corrected chi connectivity index (χ1v) is 5.57. The van der Waals surface area contributed by atoms with Crippen LogP contribution in [0.4, 0.5) is 5.69 Å². The van der Waals surface area contributed by atoms with E-state index in [-0.39, 0.29) is 0 Å². The highest BCUT2D eigenvalue weighted by Crippen LogP contribution is 2.08. The summed E-state index contributed by atoms with van der Waals surface area (Å²) >= 11 is 5.25. The van der Waals surface area contributed by atoms with Crippen LogP contribution in [0.5, 0.6) is 0 Å². The van der Waals surface area contributed by atoms with Gasteiger partial charge in [0.25, 0.3) is 0 Å². The van der Waals surface area contributed by atoms with Gasteiger partial charge in [-0.3, -0.25) is 4.98 Å². The topological polar surface area (TPSA) is 37.4 Å². The Bertz CT molecular complexity index is 318. The molecule has 1 heterocycles. The number of methoxy groups -OCH3 is 1. The fraction of sp³-hybridized carbons (Fsp3) is 0.455. The first-order chi connectivity index (χ1) is 7.75. The highest BCUT2D eigenvalue weighted by atomic mass is 32.1.